The van der Waals surface area contributed by atoms with Crippen LogP contribution in [0.2, 0.25) is 0 Å². The van der Waals surface area contributed by atoms with Crippen molar-refractivity contribution in [1.29, 1.82) is 0 Å². The van der Waals surface area contributed by atoms with Crippen molar-refractivity contribution in [1.82, 2.24) is 5.32 Å². The lowest BCUT2D eigenvalue weighted by molar-refractivity contribution is -0.139. The Hall–Kier alpha value is -2.22. The molecule has 22 heavy (non-hydrogen) atoms. The van der Waals surface area contributed by atoms with Crippen molar-refractivity contribution >= 4 is 29.8 Å². The van der Waals surface area contributed by atoms with Crippen molar-refractivity contribution in [2.24, 2.45) is 0 Å². The maximum absolute atomic E-state index is 11.7. The molecule has 1 aromatic carbocycles. The summed E-state index contributed by atoms with van der Waals surface area (Å²) in [5.74, 6) is -2.59. The molecule has 0 fully saturated rings. The number of carboxylic acid groups (broad SMARTS) is 2. The number of rotatable bonds is 8. The Bertz CT molecular complexity index is 521. The van der Waals surface area contributed by atoms with Crippen molar-refractivity contribution < 1.29 is 29.3 Å². The number of nitrogens with one attached hydrogen (secondary N) is 1. The minimum Gasteiger partial charge on any atom is -0.481 e. The van der Waals surface area contributed by atoms with E-state index in [-0.39, 0.29) is 11.5 Å². The van der Waals surface area contributed by atoms with Gasteiger partial charge in [0.05, 0.1) is 5.75 Å². The van der Waals surface area contributed by atoms with Gasteiger partial charge in [0.2, 0.25) is 0 Å². The normalized spacial score (nSPS) is 13.0. The number of carbonyl (C=O) groups is 3. The van der Waals surface area contributed by atoms with E-state index in [2.05, 4.69) is 5.32 Å². The van der Waals surface area contributed by atoms with E-state index in [0.29, 0.717) is 0 Å². The van der Waals surface area contributed by atoms with Crippen molar-refractivity contribution in [3.63, 3.8) is 0 Å². The lowest BCUT2D eigenvalue weighted by Gasteiger charge is -2.17. The largest absolute Gasteiger partial charge is 0.481 e. The summed E-state index contributed by atoms with van der Waals surface area (Å²) in [5, 5.41) is 19.7. The predicted octanol–water partition coefficient (Wildman–Crippen LogP) is 1.74. The molecule has 1 unspecified atom stereocenters. The fourth-order valence-corrected chi connectivity index (χ4v) is 2.32. The van der Waals surface area contributed by atoms with Crippen LogP contribution < -0.4 is 5.32 Å². The van der Waals surface area contributed by atoms with Crippen LogP contribution in [0.3, 0.4) is 0 Å². The monoisotopic (exact) mass is 327 g/mol. The molecule has 1 amide bonds. The molecule has 8 heteroatoms. The molecule has 1 aromatic rings. The second-order valence-electron chi connectivity index (χ2n) is 4.40. The van der Waals surface area contributed by atoms with E-state index in [1.165, 1.54) is 0 Å². The summed E-state index contributed by atoms with van der Waals surface area (Å²) in [6, 6.07) is 7.80. The van der Waals surface area contributed by atoms with Gasteiger partial charge >= 0.3 is 18.0 Å². The molecule has 0 spiro atoms. The van der Waals surface area contributed by atoms with Crippen LogP contribution in [-0.2, 0) is 14.3 Å². The third kappa shape index (κ3) is 6.49. The van der Waals surface area contributed by atoms with E-state index >= 15 is 0 Å². The maximum Gasteiger partial charge on any atom is 0.408 e. The second-order valence-corrected chi connectivity index (χ2v) is 5.43. The SMILES string of the molecule is CC(OC(=O)N[C@@H](CSCC(=O)O)C(=O)O)c1ccccc1. The van der Waals surface area contributed by atoms with Crippen LogP contribution in [0.25, 0.3) is 0 Å². The minimum atomic E-state index is -1.25. The number of thioether (sulfide) groups is 1. The van der Waals surface area contributed by atoms with Crippen molar-refractivity contribution in [2.75, 3.05) is 11.5 Å². The van der Waals surface area contributed by atoms with Gasteiger partial charge in [-0.3, -0.25) is 4.79 Å². The molecule has 0 bridgehead atoms. The molecule has 0 aliphatic heterocycles. The molecule has 1 rings (SSSR count). The van der Waals surface area contributed by atoms with Gasteiger partial charge in [-0.05, 0) is 12.5 Å². The van der Waals surface area contributed by atoms with Gasteiger partial charge in [0.1, 0.15) is 12.1 Å². The van der Waals surface area contributed by atoms with Crippen LogP contribution >= 0.6 is 11.8 Å². The van der Waals surface area contributed by atoms with E-state index in [9.17, 15) is 14.4 Å². The number of carboxylic acids is 2. The molecule has 0 aliphatic rings. The number of benzene rings is 1. The minimum absolute atomic E-state index is 0.0591. The molecule has 2 atom stereocenters. The van der Waals surface area contributed by atoms with Crippen LogP contribution in [0.1, 0.15) is 18.6 Å². The number of aliphatic carboxylic acids is 2. The Morgan fingerprint density at radius 1 is 1.23 bits per heavy atom. The van der Waals surface area contributed by atoms with Crippen molar-refractivity contribution in [3.8, 4) is 0 Å². The second kappa shape index (κ2) is 8.93. The van der Waals surface area contributed by atoms with E-state index in [4.69, 9.17) is 14.9 Å². The summed E-state index contributed by atoms with van der Waals surface area (Å²) in [5.41, 5.74) is 0.782. The Kier molecular flexibility index (Phi) is 7.24. The summed E-state index contributed by atoms with van der Waals surface area (Å²) < 4.78 is 5.11. The Morgan fingerprint density at radius 2 is 1.86 bits per heavy atom. The van der Waals surface area contributed by atoms with Gasteiger partial charge in [-0.25, -0.2) is 9.59 Å². The molecule has 120 valence electrons. The van der Waals surface area contributed by atoms with E-state index in [1.54, 1.807) is 31.2 Å². The highest BCUT2D eigenvalue weighted by atomic mass is 32.2. The number of hydrogen-bond acceptors (Lipinski definition) is 5. The Balaban J connectivity index is 2.49. The van der Waals surface area contributed by atoms with Crippen LogP contribution in [0.5, 0.6) is 0 Å². The van der Waals surface area contributed by atoms with Gasteiger partial charge in [0, 0.05) is 5.75 Å². The van der Waals surface area contributed by atoms with Gasteiger partial charge < -0.3 is 20.3 Å². The fraction of sp³-hybridized carbons (Fsp3) is 0.357. The summed E-state index contributed by atoms with van der Waals surface area (Å²) >= 11 is 0.904. The summed E-state index contributed by atoms with van der Waals surface area (Å²) in [6.07, 6.45) is -1.39. The lowest BCUT2D eigenvalue weighted by atomic mass is 10.1. The zero-order chi connectivity index (χ0) is 16.5. The highest BCUT2D eigenvalue weighted by Gasteiger charge is 2.22. The van der Waals surface area contributed by atoms with Gasteiger partial charge in [0.25, 0.3) is 0 Å². The Morgan fingerprint density at radius 3 is 2.41 bits per heavy atom. The quantitative estimate of drug-likeness (QED) is 0.666. The number of ether oxygens (including phenoxy) is 1. The predicted molar refractivity (Wildman–Crippen MR) is 80.9 cm³/mol. The standard InChI is InChI=1S/C14H17NO6S/c1-9(10-5-3-2-4-6-10)21-14(20)15-11(13(18)19)7-22-8-12(16)17/h2-6,9,11H,7-8H2,1H3,(H,15,20)(H,16,17)(H,18,19)/t9?,11-/m0/s1. The molecule has 0 saturated carbocycles. The van der Waals surface area contributed by atoms with Gasteiger partial charge in [0.15, 0.2) is 0 Å². The summed E-state index contributed by atoms with van der Waals surface area (Å²) in [7, 11) is 0. The highest BCUT2D eigenvalue weighted by molar-refractivity contribution is 8.00. The number of carbonyl (C=O) groups excluding carboxylic acids is 1. The van der Waals surface area contributed by atoms with Crippen LogP contribution in [0, 0.1) is 0 Å². The highest BCUT2D eigenvalue weighted by Crippen LogP contribution is 2.16. The zero-order valence-corrected chi connectivity index (χ0v) is 12.7. The first-order valence-corrected chi connectivity index (χ1v) is 7.60. The topological polar surface area (TPSA) is 113 Å². The smallest absolute Gasteiger partial charge is 0.408 e. The number of hydrogen-bond donors (Lipinski definition) is 3. The molecule has 0 radical (unpaired) electrons. The molecule has 0 saturated heterocycles. The lowest BCUT2D eigenvalue weighted by Crippen LogP contribution is -2.43. The molecule has 0 aromatic heterocycles. The fourth-order valence-electron chi connectivity index (χ4n) is 1.57. The molecule has 0 aliphatic carbocycles. The van der Waals surface area contributed by atoms with Gasteiger partial charge in [-0.2, -0.15) is 0 Å². The first-order chi connectivity index (χ1) is 10.4. The molecule has 7 nitrogen and oxygen atoms in total. The average Bonchev–Trinajstić information content (AvgIpc) is 2.46. The number of alkyl carbamates (subject to hydrolysis) is 1. The van der Waals surface area contributed by atoms with E-state index in [0.717, 1.165) is 17.3 Å². The maximum atomic E-state index is 11.7. The van der Waals surface area contributed by atoms with Gasteiger partial charge in [-0.1, -0.05) is 30.3 Å². The van der Waals surface area contributed by atoms with Crippen molar-refractivity contribution in [3.05, 3.63) is 35.9 Å². The van der Waals surface area contributed by atoms with Gasteiger partial charge in [-0.15, -0.1) is 11.8 Å². The van der Waals surface area contributed by atoms with Crippen LogP contribution in [0.15, 0.2) is 30.3 Å². The third-order valence-corrected chi connectivity index (χ3v) is 3.67. The average molecular weight is 327 g/mol. The molecular weight excluding hydrogens is 310 g/mol. The molecular formula is C14H17NO6S. The van der Waals surface area contributed by atoms with Crippen LogP contribution in [-0.4, -0.2) is 45.8 Å². The third-order valence-electron chi connectivity index (χ3n) is 2.65. The van der Waals surface area contributed by atoms with Crippen LogP contribution in [0.4, 0.5) is 4.79 Å². The molecule has 3 N–H and O–H groups in total. The van der Waals surface area contributed by atoms with E-state index < -0.39 is 30.2 Å². The first-order valence-electron chi connectivity index (χ1n) is 6.44. The zero-order valence-electron chi connectivity index (χ0n) is 11.9. The summed E-state index contributed by atoms with van der Waals surface area (Å²) in [6.45, 7) is 1.67. The van der Waals surface area contributed by atoms with E-state index in [1.807, 2.05) is 6.07 Å². The summed E-state index contributed by atoms with van der Waals surface area (Å²) in [4.78, 5) is 33.1. The number of amides is 1. The van der Waals surface area contributed by atoms with Crippen molar-refractivity contribution in [2.45, 2.75) is 19.1 Å². The Labute approximate surface area is 131 Å². The first kappa shape index (κ1) is 17.8. The molecule has 0 heterocycles.